The number of hydrogen-bond donors (Lipinski definition) is 1. The molecule has 190 valence electrons. The van der Waals surface area contributed by atoms with E-state index >= 15 is 0 Å². The molecule has 0 bridgehead atoms. The molecular weight excluding hydrogens is 536 g/mol. The third-order valence-corrected chi connectivity index (χ3v) is 8.60. The normalized spacial score (nSPS) is 15.0. The molecule has 12 heteroatoms. The number of rotatable bonds is 6. The Morgan fingerprint density at radius 2 is 1.84 bits per heavy atom. The number of nitrogens with one attached hydrogen (secondary N) is 1. The zero-order chi connectivity index (χ0) is 26.2. The Bertz CT molecular complexity index is 1560. The Morgan fingerprint density at radius 1 is 1.11 bits per heavy atom. The van der Waals surface area contributed by atoms with Gasteiger partial charge in [0.25, 0.3) is 15.9 Å². The predicted molar refractivity (Wildman–Crippen MR) is 142 cm³/mol. The lowest BCUT2D eigenvalue weighted by atomic mass is 10.1. The number of halogens is 1. The summed E-state index contributed by atoms with van der Waals surface area (Å²) in [5.41, 5.74) is 2.02. The van der Waals surface area contributed by atoms with Crippen molar-refractivity contribution in [2.75, 3.05) is 23.3 Å². The molecular formula is C25H21ClN4O5S2. The molecule has 1 aromatic heterocycles. The van der Waals surface area contributed by atoms with Gasteiger partial charge in [0.05, 0.1) is 24.2 Å². The third-order valence-electron chi connectivity index (χ3n) is 5.67. The third kappa shape index (κ3) is 5.10. The van der Waals surface area contributed by atoms with Gasteiger partial charge in [-0.25, -0.2) is 8.42 Å². The Hall–Kier alpha value is -3.67. The van der Waals surface area contributed by atoms with Crippen LogP contribution < -0.4 is 19.1 Å². The van der Waals surface area contributed by atoms with Gasteiger partial charge in [0.1, 0.15) is 16.5 Å². The molecule has 1 atom stereocenters. The second kappa shape index (κ2) is 10.0. The molecule has 0 unspecified atom stereocenters. The number of aryl methyl sites for hydroxylation is 1. The van der Waals surface area contributed by atoms with Crippen molar-refractivity contribution in [3.63, 3.8) is 0 Å². The molecule has 3 aromatic carbocycles. The number of aromatic nitrogens is 2. The van der Waals surface area contributed by atoms with Crippen LogP contribution in [-0.2, 0) is 14.8 Å². The van der Waals surface area contributed by atoms with Gasteiger partial charge >= 0.3 is 0 Å². The van der Waals surface area contributed by atoms with Crippen molar-refractivity contribution in [2.45, 2.75) is 17.9 Å². The van der Waals surface area contributed by atoms with E-state index in [0.717, 1.165) is 11.1 Å². The topological polar surface area (TPSA) is 111 Å². The fourth-order valence-electron chi connectivity index (χ4n) is 3.77. The molecule has 0 aliphatic carbocycles. The molecule has 0 fully saturated rings. The van der Waals surface area contributed by atoms with Crippen LogP contribution in [0.1, 0.15) is 5.56 Å². The van der Waals surface area contributed by atoms with Crippen molar-refractivity contribution < 1.29 is 22.7 Å². The van der Waals surface area contributed by atoms with Crippen LogP contribution in [0.2, 0.25) is 5.02 Å². The average Bonchev–Trinajstić information content (AvgIpc) is 3.36. The lowest BCUT2D eigenvalue weighted by Crippen LogP contribution is -2.48. The van der Waals surface area contributed by atoms with Crippen LogP contribution >= 0.6 is 22.9 Å². The van der Waals surface area contributed by atoms with Crippen molar-refractivity contribution >= 4 is 49.7 Å². The first-order valence-corrected chi connectivity index (χ1v) is 13.7. The molecule has 4 aromatic rings. The van der Waals surface area contributed by atoms with Crippen LogP contribution in [0.3, 0.4) is 0 Å². The average molecular weight is 557 g/mol. The number of carbonyl (C=O) groups excluding carboxylic acids is 1. The van der Waals surface area contributed by atoms with Gasteiger partial charge in [-0.1, -0.05) is 41.1 Å². The molecule has 9 nitrogen and oxygen atoms in total. The van der Waals surface area contributed by atoms with E-state index in [1.54, 1.807) is 54.6 Å². The van der Waals surface area contributed by atoms with E-state index in [2.05, 4.69) is 15.5 Å². The van der Waals surface area contributed by atoms with E-state index in [-0.39, 0.29) is 16.6 Å². The standard InChI is InChI=1S/C25H21ClN4O5S2/c1-15-3-12-20-21(13-15)35-22(14-30(20)37(32,33)19-10-8-18(34-2)9-11-19)23(31)27-25-29-28-24(36-25)16-4-6-17(26)7-5-16/h3-13,22H,14H2,1-2H3,(H,27,29,31)/t22-/m1/s1. The highest BCUT2D eigenvalue weighted by Gasteiger charge is 2.38. The minimum Gasteiger partial charge on any atom is -0.497 e. The van der Waals surface area contributed by atoms with Gasteiger partial charge in [0, 0.05) is 10.6 Å². The zero-order valence-corrected chi connectivity index (χ0v) is 22.1. The Kier molecular flexibility index (Phi) is 6.76. The van der Waals surface area contributed by atoms with Crippen LogP contribution in [0.4, 0.5) is 10.8 Å². The van der Waals surface area contributed by atoms with E-state index in [1.165, 1.54) is 34.9 Å². The highest BCUT2D eigenvalue weighted by molar-refractivity contribution is 7.92. The van der Waals surface area contributed by atoms with Gasteiger partial charge in [-0.05, 0) is 61.0 Å². The number of hydrogen-bond acceptors (Lipinski definition) is 8. The molecule has 0 saturated carbocycles. The fourth-order valence-corrected chi connectivity index (χ4v) is 6.12. The van der Waals surface area contributed by atoms with Crippen molar-refractivity contribution in [1.29, 1.82) is 0 Å². The highest BCUT2D eigenvalue weighted by atomic mass is 35.5. The molecule has 2 heterocycles. The van der Waals surface area contributed by atoms with E-state index in [9.17, 15) is 13.2 Å². The van der Waals surface area contributed by atoms with Crippen molar-refractivity contribution in [2.24, 2.45) is 0 Å². The molecule has 1 N–H and O–H groups in total. The lowest BCUT2D eigenvalue weighted by molar-refractivity contribution is -0.122. The van der Waals surface area contributed by atoms with Gasteiger partial charge in [-0.2, -0.15) is 0 Å². The fraction of sp³-hybridized carbons (Fsp3) is 0.160. The number of fused-ring (bicyclic) bond motifs is 1. The van der Waals surface area contributed by atoms with Crippen LogP contribution in [0.25, 0.3) is 10.6 Å². The molecule has 1 aliphatic heterocycles. The van der Waals surface area contributed by atoms with Gasteiger partial charge in [0.15, 0.2) is 6.10 Å². The summed E-state index contributed by atoms with van der Waals surface area (Å²) in [4.78, 5) is 13.3. The summed E-state index contributed by atoms with van der Waals surface area (Å²) < 4.78 is 39.5. The number of methoxy groups -OCH3 is 1. The minimum absolute atomic E-state index is 0.0672. The maximum Gasteiger partial charge on any atom is 0.269 e. The zero-order valence-electron chi connectivity index (χ0n) is 19.7. The van der Waals surface area contributed by atoms with Crippen LogP contribution in [0.5, 0.6) is 11.5 Å². The first-order valence-electron chi connectivity index (χ1n) is 11.1. The quantitative estimate of drug-likeness (QED) is 0.364. The largest absolute Gasteiger partial charge is 0.497 e. The Balaban J connectivity index is 1.41. The molecule has 5 rings (SSSR count). The second-order valence-corrected chi connectivity index (χ2v) is 11.5. The van der Waals surface area contributed by atoms with Crippen LogP contribution in [-0.4, -0.2) is 44.3 Å². The summed E-state index contributed by atoms with van der Waals surface area (Å²) in [7, 11) is -2.50. The Labute approximate surface area is 222 Å². The van der Waals surface area contributed by atoms with Gasteiger partial charge in [-0.15, -0.1) is 10.2 Å². The number of benzene rings is 3. The van der Waals surface area contributed by atoms with Gasteiger partial charge < -0.3 is 9.47 Å². The van der Waals surface area contributed by atoms with Crippen molar-refractivity contribution in [3.05, 3.63) is 77.3 Å². The molecule has 0 spiro atoms. The highest BCUT2D eigenvalue weighted by Crippen LogP contribution is 2.38. The summed E-state index contributed by atoms with van der Waals surface area (Å²) in [6.07, 6.45) is -1.12. The summed E-state index contributed by atoms with van der Waals surface area (Å²) in [5.74, 6) is 0.285. The van der Waals surface area contributed by atoms with Crippen molar-refractivity contribution in [3.8, 4) is 22.1 Å². The van der Waals surface area contributed by atoms with Crippen LogP contribution in [0.15, 0.2) is 71.6 Å². The molecule has 0 saturated heterocycles. The number of amides is 1. The maximum atomic E-state index is 13.6. The monoisotopic (exact) mass is 556 g/mol. The number of nitrogens with zero attached hydrogens (tertiary/aromatic N) is 3. The van der Waals surface area contributed by atoms with Crippen molar-refractivity contribution in [1.82, 2.24) is 10.2 Å². The number of sulfonamides is 1. The summed E-state index contributed by atoms with van der Waals surface area (Å²) in [5, 5.41) is 12.3. The summed E-state index contributed by atoms with van der Waals surface area (Å²) >= 11 is 7.13. The molecule has 1 amide bonds. The van der Waals surface area contributed by atoms with E-state index in [4.69, 9.17) is 21.1 Å². The molecule has 0 radical (unpaired) electrons. The summed E-state index contributed by atoms with van der Waals surface area (Å²) in [6, 6.07) is 18.3. The second-order valence-electron chi connectivity index (χ2n) is 8.20. The van der Waals surface area contributed by atoms with Gasteiger partial charge in [-0.3, -0.25) is 14.4 Å². The first kappa shape index (κ1) is 25.0. The lowest BCUT2D eigenvalue weighted by Gasteiger charge is -2.34. The number of ether oxygens (including phenoxy) is 2. The molecule has 1 aliphatic rings. The van der Waals surface area contributed by atoms with Crippen LogP contribution in [0, 0.1) is 6.92 Å². The maximum absolute atomic E-state index is 13.6. The van der Waals surface area contributed by atoms with E-state index < -0.39 is 22.0 Å². The molecule has 37 heavy (non-hydrogen) atoms. The van der Waals surface area contributed by atoms with Gasteiger partial charge in [0.2, 0.25) is 5.13 Å². The Morgan fingerprint density at radius 3 is 2.54 bits per heavy atom. The first-order chi connectivity index (χ1) is 17.7. The van der Waals surface area contributed by atoms with E-state index in [0.29, 0.717) is 27.2 Å². The number of anilines is 2. The smallest absolute Gasteiger partial charge is 0.269 e. The van der Waals surface area contributed by atoms with E-state index in [1.807, 2.05) is 6.92 Å². The predicted octanol–water partition coefficient (Wildman–Crippen LogP) is 4.77. The number of carbonyl (C=O) groups is 1. The summed E-state index contributed by atoms with van der Waals surface area (Å²) in [6.45, 7) is 1.63. The SMILES string of the molecule is COc1ccc(S(=O)(=O)N2C[C@H](C(=O)Nc3nnc(-c4ccc(Cl)cc4)s3)Oc3cc(C)ccc32)cc1. The minimum atomic E-state index is -4.01.